The molecule has 32 heavy (non-hydrogen) atoms. The predicted molar refractivity (Wildman–Crippen MR) is 126 cm³/mol. The normalized spacial score (nSPS) is 14.5. The number of carbonyl (C=O) groups is 2. The smallest absolute Gasteiger partial charge is 0.338 e. The van der Waals surface area contributed by atoms with Gasteiger partial charge in [0.25, 0.3) is 11.7 Å². The van der Waals surface area contributed by atoms with Gasteiger partial charge in [0.15, 0.2) is 0 Å². The van der Waals surface area contributed by atoms with Crippen molar-refractivity contribution in [2.75, 3.05) is 38.0 Å². The number of aryl methyl sites for hydroxylation is 1. The molecule has 3 rings (SSSR count). The summed E-state index contributed by atoms with van der Waals surface area (Å²) in [6.07, 6.45) is 2.76. The Balaban J connectivity index is 1.62. The van der Waals surface area contributed by atoms with Gasteiger partial charge in [0.05, 0.1) is 17.9 Å². The Kier molecular flexibility index (Phi) is 8.34. The Labute approximate surface area is 194 Å². The molecule has 0 spiro atoms. The highest BCUT2D eigenvalue weighted by molar-refractivity contribution is 7.99. The number of carbonyl (C=O) groups excluding carboxylic acids is 2. The quantitative estimate of drug-likeness (QED) is 0.209. The molecule has 1 amide bonds. The maximum atomic E-state index is 13.0. The van der Waals surface area contributed by atoms with Crippen molar-refractivity contribution in [1.29, 1.82) is 0 Å². The van der Waals surface area contributed by atoms with Crippen LogP contribution in [0.4, 0.5) is 5.69 Å². The van der Waals surface area contributed by atoms with Crippen LogP contribution in [0.25, 0.3) is 0 Å². The predicted octanol–water partition coefficient (Wildman–Crippen LogP) is 4.79. The molecule has 1 aliphatic rings. The lowest BCUT2D eigenvalue weighted by molar-refractivity contribution is -0.209. The summed E-state index contributed by atoms with van der Waals surface area (Å²) >= 11 is 1.74. The van der Waals surface area contributed by atoms with Crippen molar-refractivity contribution in [3.63, 3.8) is 0 Å². The average molecular weight is 458 g/mol. The highest BCUT2D eigenvalue weighted by Gasteiger charge is 2.52. The second kappa shape index (κ2) is 11.0. The summed E-state index contributed by atoms with van der Waals surface area (Å²) < 4.78 is 16.2. The molecule has 0 fully saturated rings. The number of methoxy groups -OCH3 is 2. The summed E-state index contributed by atoms with van der Waals surface area (Å²) in [5.74, 6) is -0.905. The van der Waals surface area contributed by atoms with Gasteiger partial charge in [-0.25, -0.2) is 4.79 Å². The van der Waals surface area contributed by atoms with Crippen LogP contribution in [0, 0.1) is 0 Å². The molecule has 0 unspecified atom stereocenters. The zero-order valence-electron chi connectivity index (χ0n) is 19.2. The minimum Gasteiger partial charge on any atom is -0.462 e. The Hall–Kier alpha value is -2.35. The molecule has 2 aromatic carbocycles. The van der Waals surface area contributed by atoms with Crippen LogP contribution < -0.4 is 4.90 Å². The van der Waals surface area contributed by atoms with E-state index in [1.54, 1.807) is 23.6 Å². The second-order valence-electron chi connectivity index (χ2n) is 7.53. The Morgan fingerprint density at radius 1 is 1.06 bits per heavy atom. The first kappa shape index (κ1) is 24.3. The molecule has 7 heteroatoms. The number of amides is 1. The van der Waals surface area contributed by atoms with Gasteiger partial charge in [0.2, 0.25) is 0 Å². The van der Waals surface area contributed by atoms with Crippen LogP contribution in [-0.2, 0) is 31.2 Å². The summed E-state index contributed by atoms with van der Waals surface area (Å²) in [6.45, 7) is 4.85. The zero-order chi connectivity index (χ0) is 23.1. The molecule has 0 saturated carbocycles. The van der Waals surface area contributed by atoms with Crippen molar-refractivity contribution in [1.82, 2.24) is 0 Å². The molecule has 6 nitrogen and oxygen atoms in total. The average Bonchev–Trinajstić information content (AvgIpc) is 3.04. The monoisotopic (exact) mass is 457 g/mol. The molecule has 1 aliphatic heterocycles. The van der Waals surface area contributed by atoms with E-state index in [1.807, 2.05) is 43.3 Å². The van der Waals surface area contributed by atoms with E-state index in [1.165, 1.54) is 19.8 Å². The molecule has 2 aromatic rings. The number of anilines is 1. The lowest BCUT2D eigenvalue weighted by Gasteiger charge is -2.25. The third-order valence-corrected chi connectivity index (χ3v) is 6.59. The fourth-order valence-electron chi connectivity index (χ4n) is 3.92. The van der Waals surface area contributed by atoms with Crippen LogP contribution in [0.5, 0.6) is 0 Å². The van der Waals surface area contributed by atoms with E-state index in [2.05, 4.69) is 6.07 Å². The highest BCUT2D eigenvalue weighted by Crippen LogP contribution is 2.44. The molecule has 0 radical (unpaired) electrons. The van der Waals surface area contributed by atoms with Crippen molar-refractivity contribution >= 4 is 29.3 Å². The number of rotatable bonds is 11. The van der Waals surface area contributed by atoms with Crippen LogP contribution in [-0.4, -0.2) is 45.0 Å². The Morgan fingerprint density at radius 2 is 1.78 bits per heavy atom. The van der Waals surface area contributed by atoms with Crippen molar-refractivity contribution in [2.45, 2.75) is 43.8 Å². The van der Waals surface area contributed by atoms with Gasteiger partial charge in [0.1, 0.15) is 0 Å². The van der Waals surface area contributed by atoms with Gasteiger partial charge in [-0.2, -0.15) is 0 Å². The lowest BCUT2D eigenvalue weighted by Crippen LogP contribution is -2.43. The van der Waals surface area contributed by atoms with E-state index in [0.29, 0.717) is 18.7 Å². The molecule has 1 heterocycles. The van der Waals surface area contributed by atoms with E-state index in [9.17, 15) is 9.59 Å². The van der Waals surface area contributed by atoms with Gasteiger partial charge in [-0.3, -0.25) is 4.79 Å². The Bertz CT molecular complexity index is 940. The molecule has 0 saturated heterocycles. The van der Waals surface area contributed by atoms with Crippen molar-refractivity contribution in [3.05, 3.63) is 59.2 Å². The summed E-state index contributed by atoms with van der Waals surface area (Å²) in [4.78, 5) is 27.6. The van der Waals surface area contributed by atoms with Crippen molar-refractivity contribution < 1.29 is 23.8 Å². The number of fused-ring (bicyclic) bond motifs is 1. The van der Waals surface area contributed by atoms with Crippen LogP contribution >= 0.6 is 11.8 Å². The first-order valence-corrected chi connectivity index (χ1v) is 11.9. The molecule has 172 valence electrons. The van der Waals surface area contributed by atoms with E-state index in [0.717, 1.165) is 41.2 Å². The van der Waals surface area contributed by atoms with Gasteiger partial charge >= 0.3 is 5.97 Å². The number of esters is 1. The Morgan fingerprint density at radius 3 is 2.41 bits per heavy atom. The zero-order valence-corrected chi connectivity index (χ0v) is 20.0. The standard InChI is InChI=1S/C25H31NO5S/c1-5-15-26-22-14-13-20(17-21(22)25(29-3,30-4)24(26)28)32-16-7-8-18-9-11-19(12-10-18)23(27)31-6-2/h9-14,17H,5-8,15-16H2,1-4H3. The first-order valence-electron chi connectivity index (χ1n) is 11.0. The van der Waals surface area contributed by atoms with Gasteiger partial charge in [-0.15, -0.1) is 11.8 Å². The van der Waals surface area contributed by atoms with Crippen LogP contribution in [0.15, 0.2) is 47.4 Å². The number of hydrogen-bond acceptors (Lipinski definition) is 6. The van der Waals surface area contributed by atoms with Gasteiger partial charge in [-0.05, 0) is 67.8 Å². The third-order valence-electron chi connectivity index (χ3n) is 5.51. The molecule has 0 atom stereocenters. The van der Waals surface area contributed by atoms with Gasteiger partial charge in [-0.1, -0.05) is 19.1 Å². The maximum absolute atomic E-state index is 13.0. The fraction of sp³-hybridized carbons (Fsp3) is 0.440. The fourth-order valence-corrected chi connectivity index (χ4v) is 4.81. The maximum Gasteiger partial charge on any atom is 0.338 e. The summed E-state index contributed by atoms with van der Waals surface area (Å²) in [7, 11) is 3.02. The number of nitrogens with zero attached hydrogens (tertiary/aromatic N) is 1. The molecule has 0 N–H and O–H groups in total. The van der Waals surface area contributed by atoms with Gasteiger partial charge < -0.3 is 19.1 Å². The number of hydrogen-bond donors (Lipinski definition) is 0. The largest absolute Gasteiger partial charge is 0.462 e. The number of thioether (sulfide) groups is 1. The SMILES string of the molecule is CCCN1C(=O)C(OC)(OC)c2cc(SCCCc3ccc(C(=O)OCC)cc3)ccc21. The lowest BCUT2D eigenvalue weighted by atomic mass is 10.1. The number of benzene rings is 2. The van der Waals surface area contributed by atoms with Crippen LogP contribution in [0.3, 0.4) is 0 Å². The van der Waals surface area contributed by atoms with Crippen molar-refractivity contribution in [3.8, 4) is 0 Å². The summed E-state index contributed by atoms with van der Waals surface area (Å²) in [5.41, 5.74) is 3.38. The third kappa shape index (κ3) is 4.85. The van der Waals surface area contributed by atoms with Crippen molar-refractivity contribution in [2.24, 2.45) is 0 Å². The molecule has 0 bridgehead atoms. The molecular formula is C25H31NO5S. The summed E-state index contributed by atoms with van der Waals surface area (Å²) in [5, 5.41) is 0. The van der Waals surface area contributed by atoms with E-state index < -0.39 is 5.79 Å². The van der Waals surface area contributed by atoms with Gasteiger partial charge in [0, 0.05) is 31.2 Å². The van der Waals surface area contributed by atoms with Crippen LogP contribution in [0.2, 0.25) is 0 Å². The van der Waals surface area contributed by atoms with E-state index in [4.69, 9.17) is 14.2 Å². The summed E-state index contributed by atoms with van der Waals surface area (Å²) in [6, 6.07) is 13.6. The van der Waals surface area contributed by atoms with E-state index in [-0.39, 0.29) is 11.9 Å². The number of ether oxygens (including phenoxy) is 3. The highest BCUT2D eigenvalue weighted by atomic mass is 32.2. The topological polar surface area (TPSA) is 65.1 Å². The molecular weight excluding hydrogens is 426 g/mol. The first-order chi connectivity index (χ1) is 15.5. The molecule has 0 aliphatic carbocycles. The minimum atomic E-state index is -1.37. The van der Waals surface area contributed by atoms with E-state index >= 15 is 0 Å². The second-order valence-corrected chi connectivity index (χ2v) is 8.70. The van der Waals surface area contributed by atoms with Crippen LogP contribution in [0.1, 0.15) is 48.2 Å². The molecule has 0 aromatic heterocycles. The minimum absolute atomic E-state index is 0.173.